The zero-order valence-corrected chi connectivity index (χ0v) is 13.3. The Hall–Kier alpha value is -2.15. The van der Waals surface area contributed by atoms with Crippen molar-refractivity contribution in [2.24, 2.45) is 5.92 Å². The average Bonchev–Trinajstić information content (AvgIpc) is 3.13. The van der Waals surface area contributed by atoms with Crippen molar-refractivity contribution in [2.75, 3.05) is 11.5 Å². The number of benzene rings is 1. The summed E-state index contributed by atoms with van der Waals surface area (Å²) in [6.45, 7) is 0.0225. The van der Waals surface area contributed by atoms with Crippen LogP contribution in [0.15, 0.2) is 41.0 Å². The van der Waals surface area contributed by atoms with Gasteiger partial charge < -0.3 is 9.15 Å². The summed E-state index contributed by atoms with van der Waals surface area (Å²) in [7, 11) is -2.97. The molecule has 7 heteroatoms. The zero-order valence-electron chi connectivity index (χ0n) is 12.5. The van der Waals surface area contributed by atoms with Crippen molar-refractivity contribution in [1.29, 1.82) is 0 Å². The summed E-state index contributed by atoms with van der Waals surface area (Å²) >= 11 is 0. The summed E-state index contributed by atoms with van der Waals surface area (Å²) in [5, 5.41) is 0. The first-order valence-corrected chi connectivity index (χ1v) is 9.20. The minimum absolute atomic E-state index is 0.0225. The smallest absolute Gasteiger partial charge is 0.306 e. The third-order valence-corrected chi connectivity index (χ3v) is 5.57. The molecule has 0 N–H and O–H groups in total. The molecule has 2 heterocycles. The Bertz CT molecular complexity index is 782. The van der Waals surface area contributed by atoms with Crippen LogP contribution in [0.5, 0.6) is 0 Å². The number of esters is 1. The van der Waals surface area contributed by atoms with Gasteiger partial charge in [0.25, 0.3) is 0 Å². The van der Waals surface area contributed by atoms with Crippen LogP contribution in [-0.2, 0) is 26.0 Å². The van der Waals surface area contributed by atoms with Crippen molar-refractivity contribution < 1.29 is 22.4 Å². The van der Waals surface area contributed by atoms with E-state index in [0.717, 1.165) is 5.56 Å². The number of hydrogen-bond donors (Lipinski definition) is 0. The Morgan fingerprint density at radius 1 is 1.30 bits per heavy atom. The first-order valence-electron chi connectivity index (χ1n) is 7.38. The molecule has 1 aliphatic rings. The molecule has 1 aromatic heterocycles. The molecule has 1 aliphatic heterocycles. The van der Waals surface area contributed by atoms with Crippen LogP contribution in [-0.4, -0.2) is 30.9 Å². The topological polar surface area (TPSA) is 86.5 Å². The van der Waals surface area contributed by atoms with Gasteiger partial charge in [-0.25, -0.2) is 13.4 Å². The van der Waals surface area contributed by atoms with E-state index in [4.69, 9.17) is 9.15 Å². The van der Waals surface area contributed by atoms with E-state index >= 15 is 0 Å². The maximum Gasteiger partial charge on any atom is 0.306 e. The molecule has 0 aliphatic carbocycles. The molecular weight excluding hydrogens is 318 g/mol. The number of carbonyl (C=O) groups excluding carboxylic acids is 1. The van der Waals surface area contributed by atoms with Crippen LogP contribution >= 0.6 is 0 Å². The quantitative estimate of drug-likeness (QED) is 0.779. The molecule has 6 nitrogen and oxygen atoms in total. The monoisotopic (exact) mass is 335 g/mol. The van der Waals surface area contributed by atoms with Crippen molar-refractivity contribution >= 4 is 15.8 Å². The molecule has 0 spiro atoms. The molecule has 1 atom stereocenters. The molecule has 0 saturated carbocycles. The van der Waals surface area contributed by atoms with E-state index < -0.39 is 15.8 Å². The van der Waals surface area contributed by atoms with E-state index in [-0.39, 0.29) is 30.5 Å². The van der Waals surface area contributed by atoms with E-state index in [1.165, 1.54) is 6.26 Å². The standard InChI is InChI=1S/C16H17NO5S/c18-15(8-12-6-7-23(19,20)11-12)21-9-14-10-22-16(17-14)13-4-2-1-3-5-13/h1-5,10,12H,6-9,11H2/t12-/m0/s1. The van der Waals surface area contributed by atoms with Gasteiger partial charge in [0.2, 0.25) is 5.89 Å². The van der Waals surface area contributed by atoms with Gasteiger partial charge >= 0.3 is 5.97 Å². The number of nitrogens with zero attached hydrogens (tertiary/aromatic N) is 1. The number of carbonyl (C=O) groups is 1. The molecule has 0 radical (unpaired) electrons. The molecule has 23 heavy (non-hydrogen) atoms. The van der Waals surface area contributed by atoms with Crippen LogP contribution in [0.4, 0.5) is 0 Å². The van der Waals surface area contributed by atoms with Crippen LogP contribution in [0, 0.1) is 5.92 Å². The van der Waals surface area contributed by atoms with E-state index in [9.17, 15) is 13.2 Å². The zero-order chi connectivity index (χ0) is 16.3. The predicted octanol–water partition coefficient (Wildman–Crippen LogP) is 2.21. The Kier molecular flexibility index (Phi) is 4.47. The van der Waals surface area contributed by atoms with E-state index in [1.807, 2.05) is 30.3 Å². The summed E-state index contributed by atoms with van der Waals surface area (Å²) < 4.78 is 33.2. The average molecular weight is 335 g/mol. The van der Waals surface area contributed by atoms with Crippen molar-refractivity contribution in [2.45, 2.75) is 19.4 Å². The van der Waals surface area contributed by atoms with E-state index in [0.29, 0.717) is 18.0 Å². The summed E-state index contributed by atoms with van der Waals surface area (Å²) in [5.74, 6) is 0.165. The van der Waals surface area contributed by atoms with Crippen LogP contribution in [0.1, 0.15) is 18.5 Å². The number of rotatable bonds is 5. The number of aromatic nitrogens is 1. The highest BCUT2D eigenvalue weighted by molar-refractivity contribution is 7.91. The second-order valence-corrected chi connectivity index (χ2v) is 7.87. The maximum atomic E-state index is 11.8. The van der Waals surface area contributed by atoms with Gasteiger partial charge in [-0.05, 0) is 24.5 Å². The van der Waals surface area contributed by atoms with Crippen LogP contribution < -0.4 is 0 Å². The Morgan fingerprint density at radius 3 is 2.78 bits per heavy atom. The minimum atomic E-state index is -2.97. The molecule has 1 fully saturated rings. The largest absolute Gasteiger partial charge is 0.459 e. The van der Waals surface area contributed by atoms with E-state index in [2.05, 4.69) is 4.98 Å². The number of oxazole rings is 1. The molecule has 1 saturated heterocycles. The fraction of sp³-hybridized carbons (Fsp3) is 0.375. The van der Waals surface area contributed by atoms with Crippen molar-refractivity contribution in [3.63, 3.8) is 0 Å². The lowest BCUT2D eigenvalue weighted by atomic mass is 10.1. The number of hydrogen-bond acceptors (Lipinski definition) is 6. The number of ether oxygens (including phenoxy) is 1. The van der Waals surface area contributed by atoms with Gasteiger partial charge in [-0.1, -0.05) is 18.2 Å². The first kappa shape index (κ1) is 15.7. The normalized spacial score (nSPS) is 19.6. The van der Waals surface area contributed by atoms with Crippen LogP contribution in [0.2, 0.25) is 0 Å². The third kappa shape index (κ3) is 4.19. The molecule has 2 aromatic rings. The number of sulfone groups is 1. The highest BCUT2D eigenvalue weighted by Crippen LogP contribution is 2.22. The van der Waals surface area contributed by atoms with Gasteiger partial charge in [-0.15, -0.1) is 0 Å². The highest BCUT2D eigenvalue weighted by Gasteiger charge is 2.29. The van der Waals surface area contributed by atoms with Gasteiger partial charge in [-0.2, -0.15) is 0 Å². The predicted molar refractivity (Wildman–Crippen MR) is 83.1 cm³/mol. The second kappa shape index (κ2) is 6.54. The lowest BCUT2D eigenvalue weighted by Crippen LogP contribution is -2.13. The minimum Gasteiger partial charge on any atom is -0.459 e. The van der Waals surface area contributed by atoms with Gasteiger partial charge in [0.15, 0.2) is 9.84 Å². The summed E-state index contributed by atoms with van der Waals surface area (Å²) in [4.78, 5) is 16.1. The summed E-state index contributed by atoms with van der Waals surface area (Å²) in [5.41, 5.74) is 1.37. The van der Waals surface area contributed by atoms with Crippen molar-refractivity contribution in [1.82, 2.24) is 4.98 Å². The lowest BCUT2D eigenvalue weighted by Gasteiger charge is -2.06. The lowest BCUT2D eigenvalue weighted by molar-refractivity contribution is -0.146. The first-order chi connectivity index (χ1) is 11.0. The Labute approximate surface area is 134 Å². The van der Waals surface area contributed by atoms with E-state index in [1.54, 1.807) is 0 Å². The molecule has 3 rings (SSSR count). The van der Waals surface area contributed by atoms with Crippen molar-refractivity contribution in [3.8, 4) is 11.5 Å². The molecule has 0 bridgehead atoms. The fourth-order valence-corrected chi connectivity index (χ4v) is 4.43. The van der Waals surface area contributed by atoms with Gasteiger partial charge in [-0.3, -0.25) is 4.79 Å². The Morgan fingerprint density at radius 2 is 2.09 bits per heavy atom. The summed E-state index contributed by atoms with van der Waals surface area (Å²) in [6, 6.07) is 9.42. The maximum absolute atomic E-state index is 11.8. The summed E-state index contributed by atoms with van der Waals surface area (Å²) in [6.07, 6.45) is 2.11. The molecule has 122 valence electrons. The fourth-order valence-electron chi connectivity index (χ4n) is 2.57. The second-order valence-electron chi connectivity index (χ2n) is 5.64. The third-order valence-electron chi connectivity index (χ3n) is 3.74. The van der Waals surface area contributed by atoms with Gasteiger partial charge in [0.1, 0.15) is 18.6 Å². The van der Waals surface area contributed by atoms with Crippen LogP contribution in [0.25, 0.3) is 11.5 Å². The van der Waals surface area contributed by atoms with Crippen molar-refractivity contribution in [3.05, 3.63) is 42.3 Å². The van der Waals surface area contributed by atoms with Gasteiger partial charge in [0.05, 0.1) is 11.5 Å². The Balaban J connectivity index is 1.51. The van der Waals surface area contributed by atoms with Crippen LogP contribution in [0.3, 0.4) is 0 Å². The van der Waals surface area contributed by atoms with Gasteiger partial charge in [0, 0.05) is 12.0 Å². The SMILES string of the molecule is O=C(C[C@@H]1CCS(=O)(=O)C1)OCc1coc(-c2ccccc2)n1. The highest BCUT2D eigenvalue weighted by atomic mass is 32.2. The molecular formula is C16H17NO5S. The molecule has 1 aromatic carbocycles. The molecule has 0 unspecified atom stereocenters. The molecule has 0 amide bonds.